The molecule has 4 aromatic heterocycles. The van der Waals surface area contributed by atoms with E-state index in [1.54, 1.807) is 24.8 Å². The summed E-state index contributed by atoms with van der Waals surface area (Å²) in [5.74, 6) is 1.58. The standard InChI is InChI=1S/C34H23ClN6/c35-28-22-26(33-38-17-19-40(33)29-11-7-24(8-12-29)31-5-1-3-15-36-31)21-27(23-28)34-39-18-20-41(34)30-13-9-25(10-14-30)32-6-2-4-16-37-32/h1-23H. The summed E-state index contributed by atoms with van der Waals surface area (Å²) in [5.41, 5.74) is 7.76. The summed E-state index contributed by atoms with van der Waals surface area (Å²) in [7, 11) is 0. The van der Waals surface area contributed by atoms with Crippen LogP contribution in [0, 0.1) is 0 Å². The molecular weight excluding hydrogens is 528 g/mol. The van der Waals surface area contributed by atoms with E-state index in [2.05, 4.69) is 83.7 Å². The van der Waals surface area contributed by atoms with Crippen LogP contribution in [-0.2, 0) is 0 Å². The Hall–Kier alpha value is -5.33. The molecule has 0 fully saturated rings. The van der Waals surface area contributed by atoms with Crippen molar-refractivity contribution in [3.63, 3.8) is 0 Å². The number of nitrogens with zero attached hydrogens (tertiary/aromatic N) is 6. The molecule has 0 bridgehead atoms. The molecule has 7 rings (SSSR count). The molecule has 7 aromatic rings. The summed E-state index contributed by atoms with van der Waals surface area (Å²) >= 11 is 6.67. The van der Waals surface area contributed by atoms with Gasteiger partial charge in [-0.3, -0.25) is 19.1 Å². The molecule has 0 radical (unpaired) electrons. The van der Waals surface area contributed by atoms with Crippen LogP contribution < -0.4 is 0 Å². The van der Waals surface area contributed by atoms with E-state index in [0.717, 1.165) is 56.7 Å². The number of halogens is 1. The molecule has 4 heterocycles. The average Bonchev–Trinajstić information content (AvgIpc) is 3.73. The topological polar surface area (TPSA) is 61.4 Å². The first kappa shape index (κ1) is 24.7. The largest absolute Gasteiger partial charge is 0.300 e. The van der Waals surface area contributed by atoms with Crippen LogP contribution in [0.25, 0.3) is 56.7 Å². The average molecular weight is 551 g/mol. The van der Waals surface area contributed by atoms with Gasteiger partial charge in [-0.1, -0.05) is 48.0 Å². The third kappa shape index (κ3) is 4.93. The number of aromatic nitrogens is 6. The highest BCUT2D eigenvalue weighted by atomic mass is 35.5. The summed E-state index contributed by atoms with van der Waals surface area (Å²) in [4.78, 5) is 18.3. The van der Waals surface area contributed by atoms with Gasteiger partial charge in [0.05, 0.1) is 11.4 Å². The fourth-order valence-corrected chi connectivity index (χ4v) is 5.19. The second-order valence-electron chi connectivity index (χ2n) is 9.49. The molecule has 3 aromatic carbocycles. The molecule has 6 nitrogen and oxygen atoms in total. The van der Waals surface area contributed by atoms with Crippen molar-refractivity contribution >= 4 is 11.6 Å². The molecule has 0 unspecified atom stereocenters. The first-order valence-corrected chi connectivity index (χ1v) is 13.5. The van der Waals surface area contributed by atoms with E-state index in [1.165, 1.54) is 0 Å². The lowest BCUT2D eigenvalue weighted by Crippen LogP contribution is -1.99. The number of imidazole rings is 2. The van der Waals surface area contributed by atoms with Gasteiger partial charge in [-0.2, -0.15) is 0 Å². The zero-order chi connectivity index (χ0) is 27.6. The Kier molecular flexibility index (Phi) is 6.43. The second-order valence-corrected chi connectivity index (χ2v) is 9.93. The summed E-state index contributed by atoms with van der Waals surface area (Å²) in [6.45, 7) is 0. The minimum absolute atomic E-state index is 0.609. The minimum atomic E-state index is 0.609. The highest BCUT2D eigenvalue weighted by Crippen LogP contribution is 2.32. The van der Waals surface area contributed by atoms with Gasteiger partial charge >= 0.3 is 0 Å². The lowest BCUT2D eigenvalue weighted by atomic mass is 10.1. The van der Waals surface area contributed by atoms with Crippen molar-refractivity contribution < 1.29 is 0 Å². The summed E-state index contributed by atoms with van der Waals surface area (Å²) in [6.07, 6.45) is 11.1. The number of pyridine rings is 2. The Labute approximate surface area is 242 Å². The van der Waals surface area contributed by atoms with E-state index in [1.807, 2.05) is 60.9 Å². The molecule has 0 aliphatic rings. The predicted octanol–water partition coefficient (Wildman–Crippen LogP) is 8.17. The lowest BCUT2D eigenvalue weighted by molar-refractivity contribution is 1.06. The molecule has 0 saturated carbocycles. The summed E-state index contributed by atoms with van der Waals surface area (Å²) in [5, 5.41) is 0.609. The van der Waals surface area contributed by atoms with E-state index in [4.69, 9.17) is 11.6 Å². The Bertz CT molecular complexity index is 1790. The molecule has 0 aliphatic heterocycles. The molecule has 7 heteroatoms. The zero-order valence-corrected chi connectivity index (χ0v) is 22.6. The molecule has 0 N–H and O–H groups in total. The minimum Gasteiger partial charge on any atom is -0.300 e. The van der Waals surface area contributed by atoms with Crippen LogP contribution in [0.5, 0.6) is 0 Å². The fourth-order valence-electron chi connectivity index (χ4n) is 4.95. The second kappa shape index (κ2) is 10.7. The third-order valence-corrected chi connectivity index (χ3v) is 7.13. The smallest absolute Gasteiger partial charge is 0.144 e. The summed E-state index contributed by atoms with van der Waals surface area (Å²) < 4.78 is 4.11. The van der Waals surface area contributed by atoms with Crippen LogP contribution in [0.15, 0.2) is 140 Å². The molecule has 41 heavy (non-hydrogen) atoms. The molecular formula is C34H23ClN6. The Morgan fingerprint density at radius 3 is 1.32 bits per heavy atom. The van der Waals surface area contributed by atoms with E-state index in [0.29, 0.717) is 5.02 Å². The van der Waals surface area contributed by atoms with Crippen LogP contribution >= 0.6 is 11.6 Å². The zero-order valence-electron chi connectivity index (χ0n) is 21.8. The first-order chi connectivity index (χ1) is 20.2. The molecule has 0 amide bonds. The highest BCUT2D eigenvalue weighted by molar-refractivity contribution is 6.31. The van der Waals surface area contributed by atoms with Gasteiger partial charge in [0.15, 0.2) is 0 Å². The van der Waals surface area contributed by atoms with Gasteiger partial charge < -0.3 is 0 Å². The van der Waals surface area contributed by atoms with Gasteiger partial charge in [-0.15, -0.1) is 0 Å². The van der Waals surface area contributed by atoms with Crippen LogP contribution in [0.2, 0.25) is 5.02 Å². The Balaban J connectivity index is 1.22. The lowest BCUT2D eigenvalue weighted by Gasteiger charge is -2.12. The van der Waals surface area contributed by atoms with Gasteiger partial charge in [0.1, 0.15) is 11.6 Å². The first-order valence-electron chi connectivity index (χ1n) is 13.1. The van der Waals surface area contributed by atoms with Gasteiger partial charge in [0, 0.05) is 75.8 Å². The van der Waals surface area contributed by atoms with Gasteiger partial charge in [-0.25, -0.2) is 9.97 Å². The monoisotopic (exact) mass is 550 g/mol. The molecule has 0 spiro atoms. The molecule has 0 atom stereocenters. The third-order valence-electron chi connectivity index (χ3n) is 6.91. The van der Waals surface area contributed by atoms with E-state index in [-0.39, 0.29) is 0 Å². The normalized spacial score (nSPS) is 11.0. The maximum absolute atomic E-state index is 6.67. The van der Waals surface area contributed by atoms with Crippen molar-refractivity contribution in [3.05, 3.63) is 145 Å². The van der Waals surface area contributed by atoms with Crippen LogP contribution in [0.4, 0.5) is 0 Å². The van der Waals surface area contributed by atoms with Gasteiger partial charge in [0.25, 0.3) is 0 Å². The Morgan fingerprint density at radius 1 is 0.439 bits per heavy atom. The molecule has 196 valence electrons. The van der Waals surface area contributed by atoms with Crippen LogP contribution in [-0.4, -0.2) is 29.1 Å². The van der Waals surface area contributed by atoms with E-state index in [9.17, 15) is 0 Å². The van der Waals surface area contributed by atoms with Crippen molar-refractivity contribution in [3.8, 4) is 56.7 Å². The van der Waals surface area contributed by atoms with Crippen molar-refractivity contribution in [1.82, 2.24) is 29.1 Å². The quantitative estimate of drug-likeness (QED) is 0.209. The predicted molar refractivity (Wildman–Crippen MR) is 163 cm³/mol. The maximum atomic E-state index is 6.67. The fraction of sp³-hybridized carbons (Fsp3) is 0. The number of hydrogen-bond donors (Lipinski definition) is 0. The van der Waals surface area contributed by atoms with E-state index >= 15 is 0 Å². The Morgan fingerprint density at radius 2 is 0.902 bits per heavy atom. The summed E-state index contributed by atoms with van der Waals surface area (Å²) in [6, 6.07) is 34.3. The van der Waals surface area contributed by atoms with Gasteiger partial charge in [-0.05, 0) is 66.7 Å². The van der Waals surface area contributed by atoms with Crippen molar-refractivity contribution in [2.45, 2.75) is 0 Å². The maximum Gasteiger partial charge on any atom is 0.144 e. The molecule has 0 saturated heterocycles. The van der Waals surface area contributed by atoms with Crippen LogP contribution in [0.3, 0.4) is 0 Å². The number of hydrogen-bond acceptors (Lipinski definition) is 4. The molecule has 0 aliphatic carbocycles. The van der Waals surface area contributed by atoms with Crippen molar-refractivity contribution in [2.24, 2.45) is 0 Å². The van der Waals surface area contributed by atoms with Gasteiger partial charge in [0.2, 0.25) is 0 Å². The number of rotatable bonds is 6. The highest BCUT2D eigenvalue weighted by Gasteiger charge is 2.15. The van der Waals surface area contributed by atoms with Crippen LogP contribution in [0.1, 0.15) is 0 Å². The van der Waals surface area contributed by atoms with Crippen molar-refractivity contribution in [2.75, 3.05) is 0 Å². The van der Waals surface area contributed by atoms with Crippen molar-refractivity contribution in [1.29, 1.82) is 0 Å². The number of benzene rings is 3. The van der Waals surface area contributed by atoms with E-state index < -0.39 is 0 Å². The SMILES string of the molecule is Clc1cc(-c2nccn2-c2ccc(-c3ccccn3)cc2)cc(-c2nccn2-c2ccc(-c3ccccn3)cc2)c1.